The molecule has 1 aromatic heterocycles. The van der Waals surface area contributed by atoms with Crippen LogP contribution in [0.5, 0.6) is 5.88 Å². The van der Waals surface area contributed by atoms with Crippen molar-refractivity contribution >= 4 is 29.0 Å². The molecule has 0 spiro atoms. The largest absolute Gasteiger partial charge is 0.480 e. The van der Waals surface area contributed by atoms with E-state index in [0.29, 0.717) is 29.1 Å². The molecule has 7 atom stereocenters. The number of hydrogen-bond donors (Lipinski definition) is 2. The number of carbonyl (C=O) groups excluding carboxylic acids is 2. The van der Waals surface area contributed by atoms with Gasteiger partial charge in [-0.05, 0) is 61.5 Å². The highest BCUT2D eigenvalue weighted by atomic mass is 19.1. The predicted molar refractivity (Wildman–Crippen MR) is 157 cm³/mol. The maximum absolute atomic E-state index is 14.1. The number of halogens is 1. The Bertz CT molecular complexity index is 1380. The summed E-state index contributed by atoms with van der Waals surface area (Å²) in [6.45, 7) is 9.35. The second-order valence-electron chi connectivity index (χ2n) is 13.6. The Morgan fingerprint density at radius 2 is 1.79 bits per heavy atom. The molecular formula is C32H43FN4O6. The standard InChI is InChI=1S/C32H43FN4O6/c1-17-11-14-24-20(17)9-7-6-8-10-22-28(35-23-15-19(33)12-13-21(23)34-22)42-25-16-37(26(18(25)2)30(39)40)29(38)27(32(3,4)5)36-31(41)43-24/h12-13,15,17-18,20,24-27H,6-11,14,16H2,1-5H3,(H,36,41)(H,39,40)/t17-,18+,20+,24+,25-,26-,27+/m0/s1. The van der Waals surface area contributed by atoms with Crippen LogP contribution >= 0.6 is 0 Å². The van der Waals surface area contributed by atoms with Crippen LogP contribution in [-0.4, -0.2) is 68.8 Å². The van der Waals surface area contributed by atoms with Crippen molar-refractivity contribution in [2.45, 2.75) is 104 Å². The number of fused-ring (bicyclic) bond motifs is 5. The Hall–Kier alpha value is -3.50. The fourth-order valence-corrected chi connectivity index (χ4v) is 6.93. The van der Waals surface area contributed by atoms with Crippen molar-refractivity contribution in [1.29, 1.82) is 0 Å². The molecule has 234 valence electrons. The predicted octanol–water partition coefficient (Wildman–Crippen LogP) is 5.12. The maximum atomic E-state index is 14.1. The minimum Gasteiger partial charge on any atom is -0.480 e. The molecule has 2 amide bonds. The van der Waals surface area contributed by atoms with Gasteiger partial charge in [-0.3, -0.25) is 4.79 Å². The van der Waals surface area contributed by atoms with Crippen LogP contribution in [0.4, 0.5) is 9.18 Å². The average molecular weight is 599 g/mol. The number of carboxylic acids is 1. The van der Waals surface area contributed by atoms with Crippen LogP contribution in [0.25, 0.3) is 11.0 Å². The summed E-state index contributed by atoms with van der Waals surface area (Å²) in [5.74, 6) is -1.86. The van der Waals surface area contributed by atoms with Crippen molar-refractivity contribution in [2.75, 3.05) is 6.54 Å². The summed E-state index contributed by atoms with van der Waals surface area (Å²) in [4.78, 5) is 50.4. The topological polar surface area (TPSA) is 131 Å². The van der Waals surface area contributed by atoms with Crippen LogP contribution in [0, 0.1) is 29.0 Å². The second-order valence-corrected chi connectivity index (χ2v) is 13.6. The number of aromatic nitrogens is 2. The van der Waals surface area contributed by atoms with Gasteiger partial charge in [-0.15, -0.1) is 0 Å². The minimum atomic E-state index is -1.18. The van der Waals surface area contributed by atoms with Crippen molar-refractivity contribution < 1.29 is 33.4 Å². The van der Waals surface area contributed by atoms with E-state index in [9.17, 15) is 23.9 Å². The Balaban J connectivity index is 1.52. The summed E-state index contributed by atoms with van der Waals surface area (Å²) in [5.41, 5.74) is 0.783. The number of carbonyl (C=O) groups is 3. The maximum Gasteiger partial charge on any atom is 0.408 e. The van der Waals surface area contributed by atoms with Crippen molar-refractivity contribution in [1.82, 2.24) is 20.2 Å². The highest BCUT2D eigenvalue weighted by molar-refractivity contribution is 5.90. The summed E-state index contributed by atoms with van der Waals surface area (Å²) in [6.07, 6.45) is 4.33. The molecule has 3 heterocycles. The van der Waals surface area contributed by atoms with Crippen LogP contribution in [0.3, 0.4) is 0 Å². The van der Waals surface area contributed by atoms with Gasteiger partial charge in [0.15, 0.2) is 0 Å². The first-order chi connectivity index (χ1) is 20.3. The number of carboxylic acid groups (broad SMARTS) is 1. The monoisotopic (exact) mass is 598 g/mol. The molecule has 5 rings (SSSR count). The van der Waals surface area contributed by atoms with Gasteiger partial charge >= 0.3 is 12.1 Å². The summed E-state index contributed by atoms with van der Waals surface area (Å²) in [6, 6.07) is 2.02. The van der Waals surface area contributed by atoms with Crippen LogP contribution < -0.4 is 10.1 Å². The van der Waals surface area contributed by atoms with E-state index < -0.39 is 53.3 Å². The smallest absolute Gasteiger partial charge is 0.408 e. The molecule has 1 saturated heterocycles. The van der Waals surface area contributed by atoms with E-state index in [1.54, 1.807) is 13.0 Å². The number of nitrogens with zero attached hydrogens (tertiary/aromatic N) is 3. The number of benzene rings is 1. The van der Waals surface area contributed by atoms with E-state index >= 15 is 0 Å². The molecular weight excluding hydrogens is 555 g/mol. The van der Waals surface area contributed by atoms with Gasteiger partial charge in [0.25, 0.3) is 0 Å². The molecule has 10 nitrogen and oxygen atoms in total. The van der Waals surface area contributed by atoms with Crippen LogP contribution in [0.15, 0.2) is 18.2 Å². The highest BCUT2D eigenvalue weighted by Crippen LogP contribution is 2.38. The minimum absolute atomic E-state index is 0.0230. The number of rotatable bonds is 1. The second kappa shape index (κ2) is 12.2. The molecule has 11 heteroatoms. The van der Waals surface area contributed by atoms with Crippen LogP contribution in [-0.2, 0) is 20.7 Å². The van der Waals surface area contributed by atoms with Crippen molar-refractivity contribution in [3.63, 3.8) is 0 Å². The van der Waals surface area contributed by atoms with E-state index in [4.69, 9.17) is 14.5 Å². The third-order valence-corrected chi connectivity index (χ3v) is 9.46. The Labute approximate surface area is 251 Å². The van der Waals surface area contributed by atoms with Gasteiger partial charge in [0.05, 0.1) is 17.6 Å². The van der Waals surface area contributed by atoms with Gasteiger partial charge in [0, 0.05) is 12.0 Å². The zero-order chi connectivity index (χ0) is 31.1. The fraction of sp³-hybridized carbons (Fsp3) is 0.656. The quantitative estimate of drug-likeness (QED) is 0.463. The summed E-state index contributed by atoms with van der Waals surface area (Å²) in [5, 5.41) is 13.0. The number of hydrogen-bond acceptors (Lipinski definition) is 7. The lowest BCUT2D eigenvalue weighted by Crippen LogP contribution is -2.57. The van der Waals surface area contributed by atoms with Gasteiger partial charge in [0.1, 0.15) is 35.8 Å². The highest BCUT2D eigenvalue weighted by Gasteiger charge is 2.50. The summed E-state index contributed by atoms with van der Waals surface area (Å²) >= 11 is 0. The number of alkyl carbamates (subject to hydrolysis) is 1. The van der Waals surface area contributed by atoms with Gasteiger partial charge in [0.2, 0.25) is 11.8 Å². The Morgan fingerprint density at radius 3 is 2.51 bits per heavy atom. The van der Waals surface area contributed by atoms with Crippen LogP contribution in [0.2, 0.25) is 0 Å². The molecule has 43 heavy (non-hydrogen) atoms. The number of amides is 2. The average Bonchev–Trinajstić information content (AvgIpc) is 3.44. The van der Waals surface area contributed by atoms with E-state index in [2.05, 4.69) is 17.2 Å². The van der Waals surface area contributed by atoms with Gasteiger partial charge < -0.3 is 24.8 Å². The normalized spacial score (nSPS) is 30.8. The van der Waals surface area contributed by atoms with Crippen molar-refractivity contribution in [2.24, 2.45) is 23.2 Å². The molecule has 2 aromatic rings. The zero-order valence-electron chi connectivity index (χ0n) is 25.6. The first kappa shape index (κ1) is 30.9. The number of ether oxygens (including phenoxy) is 2. The first-order valence-electron chi connectivity index (χ1n) is 15.5. The molecule has 1 aromatic carbocycles. The fourth-order valence-electron chi connectivity index (χ4n) is 6.93. The zero-order valence-corrected chi connectivity index (χ0v) is 25.6. The van der Waals surface area contributed by atoms with Gasteiger partial charge in [-0.25, -0.2) is 23.9 Å². The van der Waals surface area contributed by atoms with E-state index in [0.717, 1.165) is 38.5 Å². The van der Waals surface area contributed by atoms with Crippen molar-refractivity contribution in [3.05, 3.63) is 29.7 Å². The molecule has 1 aliphatic carbocycles. The molecule has 0 radical (unpaired) electrons. The SMILES string of the molecule is C[C@@H]1[C@@H]2CN(C(=O)[C@H](C(C)(C)C)NC(=O)O[C@@H]3CC[C@H](C)[C@H]3CCCCCc3nc4ccc(F)cc4nc3O2)[C@@H]1C(=O)O. The number of aryl methyl sites for hydroxylation is 1. The van der Waals surface area contributed by atoms with Crippen molar-refractivity contribution in [3.8, 4) is 5.88 Å². The molecule has 0 unspecified atom stereocenters. The number of aliphatic carboxylic acids is 1. The van der Waals surface area contributed by atoms with E-state index in [1.807, 2.05) is 20.8 Å². The third-order valence-electron chi connectivity index (χ3n) is 9.46. The first-order valence-corrected chi connectivity index (χ1v) is 15.5. The molecule has 2 bridgehead atoms. The molecule has 1 saturated carbocycles. The summed E-state index contributed by atoms with van der Waals surface area (Å²) < 4.78 is 26.4. The molecule has 2 N–H and O–H groups in total. The molecule has 2 fully saturated rings. The van der Waals surface area contributed by atoms with E-state index in [-0.39, 0.29) is 24.4 Å². The summed E-state index contributed by atoms with van der Waals surface area (Å²) in [7, 11) is 0. The molecule has 2 aliphatic heterocycles. The van der Waals surface area contributed by atoms with E-state index in [1.165, 1.54) is 17.0 Å². The number of nitrogens with one attached hydrogen (secondary N) is 1. The molecule has 3 aliphatic rings. The lowest BCUT2D eigenvalue weighted by atomic mass is 9.85. The van der Waals surface area contributed by atoms with Crippen LogP contribution in [0.1, 0.15) is 78.8 Å². The Kier molecular flexibility index (Phi) is 8.81. The lowest BCUT2D eigenvalue weighted by Gasteiger charge is -2.35. The van der Waals surface area contributed by atoms with Gasteiger partial charge in [-0.1, -0.05) is 47.5 Å². The van der Waals surface area contributed by atoms with Gasteiger partial charge in [-0.2, -0.15) is 0 Å². The lowest BCUT2D eigenvalue weighted by molar-refractivity contribution is -0.151. The Morgan fingerprint density at radius 1 is 1.02 bits per heavy atom. The third kappa shape index (κ3) is 6.55.